The largest absolute Gasteiger partial charge is 0.497 e. The minimum atomic E-state index is 0.593. The summed E-state index contributed by atoms with van der Waals surface area (Å²) in [7, 11) is 3.32. The third-order valence-corrected chi connectivity index (χ3v) is 5.69. The maximum Gasteiger partial charge on any atom is 0.224 e. The van der Waals surface area contributed by atoms with Crippen LogP contribution in [-0.4, -0.2) is 40.7 Å². The number of hydrogen-bond donors (Lipinski definition) is 4. The maximum absolute atomic E-state index is 5.49. The molecule has 0 saturated heterocycles. The van der Waals surface area contributed by atoms with Crippen molar-refractivity contribution in [2.24, 2.45) is 0 Å². The number of hydrogen-bond acceptors (Lipinski definition) is 6. The number of nitrogens with zero attached hydrogens (tertiary/aromatic N) is 2. The van der Waals surface area contributed by atoms with Crippen LogP contribution in [0, 0.1) is 0 Å². The molecule has 0 aliphatic rings. The van der Waals surface area contributed by atoms with E-state index in [9.17, 15) is 0 Å². The van der Waals surface area contributed by atoms with Gasteiger partial charge in [0.05, 0.1) is 19.7 Å². The van der Waals surface area contributed by atoms with Crippen LogP contribution in [0.25, 0.3) is 21.8 Å². The lowest BCUT2D eigenvalue weighted by atomic mass is 10.1. The first kappa shape index (κ1) is 20.7. The van der Waals surface area contributed by atoms with E-state index in [-0.39, 0.29) is 0 Å². The normalized spacial score (nSPS) is 11.1. The van der Waals surface area contributed by atoms with Crippen LogP contribution in [0.1, 0.15) is 11.1 Å². The molecule has 0 aliphatic carbocycles. The highest BCUT2D eigenvalue weighted by molar-refractivity contribution is 5.90. The minimum absolute atomic E-state index is 0.593. The molecule has 0 saturated carbocycles. The van der Waals surface area contributed by atoms with E-state index in [4.69, 9.17) is 9.47 Å². The van der Waals surface area contributed by atoms with Gasteiger partial charge in [0.1, 0.15) is 17.3 Å². The number of fused-ring (bicyclic) bond motifs is 2. The Labute approximate surface area is 191 Å². The van der Waals surface area contributed by atoms with E-state index in [0.717, 1.165) is 46.7 Å². The highest BCUT2D eigenvalue weighted by Crippen LogP contribution is 2.32. The molecule has 0 atom stereocenters. The number of aromatic nitrogens is 4. The fraction of sp³-hybridized carbons (Fsp3) is 0.200. The molecule has 33 heavy (non-hydrogen) atoms. The Hall–Kier alpha value is -4.20. The van der Waals surface area contributed by atoms with Crippen LogP contribution < -0.4 is 20.1 Å². The topological polar surface area (TPSA) is 99.9 Å². The van der Waals surface area contributed by atoms with Crippen molar-refractivity contribution < 1.29 is 9.47 Å². The third-order valence-electron chi connectivity index (χ3n) is 5.69. The van der Waals surface area contributed by atoms with Gasteiger partial charge in [0.25, 0.3) is 0 Å². The van der Waals surface area contributed by atoms with E-state index in [1.807, 2.05) is 30.6 Å². The summed E-state index contributed by atoms with van der Waals surface area (Å²) in [6.07, 6.45) is 6.54. The second kappa shape index (κ2) is 9.12. The first-order chi connectivity index (χ1) is 16.2. The summed E-state index contributed by atoms with van der Waals surface area (Å²) in [5, 5.41) is 8.99. The molecular formula is C25H26N6O2. The molecule has 0 bridgehead atoms. The molecule has 3 aromatic heterocycles. The average Bonchev–Trinajstić information content (AvgIpc) is 3.49. The van der Waals surface area contributed by atoms with Gasteiger partial charge in [-0.05, 0) is 53.3 Å². The van der Waals surface area contributed by atoms with Crippen molar-refractivity contribution in [2.45, 2.75) is 13.0 Å². The summed E-state index contributed by atoms with van der Waals surface area (Å²) in [6.45, 7) is 1.39. The molecule has 5 rings (SSSR count). The van der Waals surface area contributed by atoms with Gasteiger partial charge in [-0.1, -0.05) is 6.07 Å². The number of aromatic amines is 2. The lowest BCUT2D eigenvalue weighted by molar-refractivity contribution is 0.397. The molecule has 0 spiro atoms. The van der Waals surface area contributed by atoms with Gasteiger partial charge in [0.2, 0.25) is 5.95 Å². The van der Waals surface area contributed by atoms with Crippen molar-refractivity contribution in [2.75, 3.05) is 31.4 Å². The molecule has 0 radical (unpaired) electrons. The second-order valence-electron chi connectivity index (χ2n) is 7.76. The molecule has 0 amide bonds. The van der Waals surface area contributed by atoms with Crippen LogP contribution in [0.15, 0.2) is 61.1 Å². The van der Waals surface area contributed by atoms with Gasteiger partial charge in [-0.3, -0.25) is 0 Å². The summed E-state index contributed by atoms with van der Waals surface area (Å²) in [5.41, 5.74) is 4.46. The smallest absolute Gasteiger partial charge is 0.224 e. The SMILES string of the molecule is COc1cc(OC)c2[nH]cc(CCNc3ccnc(NCc4ccc5[nH]ccc5c4)n3)c2c1. The molecule has 0 aliphatic heterocycles. The first-order valence-electron chi connectivity index (χ1n) is 10.8. The lowest BCUT2D eigenvalue weighted by Crippen LogP contribution is -2.09. The van der Waals surface area contributed by atoms with Crippen LogP contribution in [-0.2, 0) is 13.0 Å². The standard InChI is InChI=1S/C25H26N6O2/c1-32-19-12-20-18(15-29-24(20)22(13-19)33-2)6-9-27-23-7-10-28-25(31-23)30-14-16-3-4-21-17(11-16)5-8-26-21/h3-5,7-8,10-13,15,26,29H,6,9,14H2,1-2H3,(H2,27,28,30,31). The summed E-state index contributed by atoms with van der Waals surface area (Å²) in [4.78, 5) is 15.5. The van der Waals surface area contributed by atoms with Crippen LogP contribution in [0.2, 0.25) is 0 Å². The predicted molar refractivity (Wildman–Crippen MR) is 131 cm³/mol. The molecule has 3 heterocycles. The Morgan fingerprint density at radius 3 is 2.79 bits per heavy atom. The van der Waals surface area contributed by atoms with E-state index in [1.165, 1.54) is 16.5 Å². The summed E-state index contributed by atoms with van der Waals surface area (Å²) in [6, 6.07) is 14.2. The van der Waals surface area contributed by atoms with Gasteiger partial charge >= 0.3 is 0 Å². The van der Waals surface area contributed by atoms with E-state index in [0.29, 0.717) is 12.5 Å². The van der Waals surface area contributed by atoms with Gasteiger partial charge in [0, 0.05) is 48.6 Å². The van der Waals surface area contributed by atoms with E-state index < -0.39 is 0 Å². The zero-order chi connectivity index (χ0) is 22.6. The van der Waals surface area contributed by atoms with Crippen LogP contribution in [0.4, 0.5) is 11.8 Å². The number of ether oxygens (including phenoxy) is 2. The van der Waals surface area contributed by atoms with Crippen molar-refractivity contribution in [3.63, 3.8) is 0 Å². The molecule has 168 valence electrons. The number of benzene rings is 2. The molecule has 8 heteroatoms. The summed E-state index contributed by atoms with van der Waals surface area (Å²) >= 11 is 0. The highest BCUT2D eigenvalue weighted by atomic mass is 16.5. The Morgan fingerprint density at radius 1 is 0.970 bits per heavy atom. The molecule has 2 aromatic carbocycles. The zero-order valence-electron chi connectivity index (χ0n) is 18.6. The zero-order valence-corrected chi connectivity index (χ0v) is 18.6. The van der Waals surface area contributed by atoms with Crippen molar-refractivity contribution >= 4 is 33.6 Å². The molecule has 0 unspecified atom stereocenters. The van der Waals surface area contributed by atoms with Crippen LogP contribution in [0.5, 0.6) is 11.5 Å². The Bertz CT molecular complexity index is 1390. The number of rotatable bonds is 9. The van der Waals surface area contributed by atoms with E-state index in [2.05, 4.69) is 54.8 Å². The maximum atomic E-state index is 5.49. The highest BCUT2D eigenvalue weighted by Gasteiger charge is 2.11. The number of anilines is 2. The van der Waals surface area contributed by atoms with Gasteiger partial charge in [-0.25, -0.2) is 4.98 Å². The molecule has 4 N–H and O–H groups in total. The monoisotopic (exact) mass is 442 g/mol. The Kier molecular flexibility index (Phi) is 5.72. The van der Waals surface area contributed by atoms with Gasteiger partial charge in [-0.15, -0.1) is 0 Å². The number of nitrogens with one attached hydrogen (secondary N) is 4. The lowest BCUT2D eigenvalue weighted by Gasteiger charge is -2.09. The summed E-state index contributed by atoms with van der Waals surface area (Å²) in [5.74, 6) is 2.92. The minimum Gasteiger partial charge on any atom is -0.497 e. The Balaban J connectivity index is 1.21. The molecule has 0 fully saturated rings. The van der Waals surface area contributed by atoms with Crippen LogP contribution >= 0.6 is 0 Å². The van der Waals surface area contributed by atoms with Crippen LogP contribution in [0.3, 0.4) is 0 Å². The fourth-order valence-electron chi connectivity index (χ4n) is 3.98. The number of methoxy groups -OCH3 is 2. The quantitative estimate of drug-likeness (QED) is 0.264. The Morgan fingerprint density at radius 2 is 1.91 bits per heavy atom. The van der Waals surface area contributed by atoms with E-state index >= 15 is 0 Å². The van der Waals surface area contributed by atoms with E-state index in [1.54, 1.807) is 20.4 Å². The van der Waals surface area contributed by atoms with Gasteiger partial charge in [-0.2, -0.15) is 4.98 Å². The summed E-state index contributed by atoms with van der Waals surface area (Å²) < 4.78 is 10.9. The number of H-pyrrole nitrogens is 2. The molecular weight excluding hydrogens is 416 g/mol. The van der Waals surface area contributed by atoms with Gasteiger partial charge < -0.3 is 30.1 Å². The van der Waals surface area contributed by atoms with Crippen molar-refractivity contribution in [1.29, 1.82) is 0 Å². The average molecular weight is 443 g/mol. The van der Waals surface area contributed by atoms with Crippen molar-refractivity contribution in [3.8, 4) is 11.5 Å². The third kappa shape index (κ3) is 4.41. The molecule has 5 aromatic rings. The second-order valence-corrected chi connectivity index (χ2v) is 7.76. The molecule has 8 nitrogen and oxygen atoms in total. The fourth-order valence-corrected chi connectivity index (χ4v) is 3.98. The van der Waals surface area contributed by atoms with Crippen molar-refractivity contribution in [1.82, 2.24) is 19.9 Å². The predicted octanol–water partition coefficient (Wildman–Crippen LogP) is 4.72. The van der Waals surface area contributed by atoms with Gasteiger partial charge in [0.15, 0.2) is 0 Å². The first-order valence-corrected chi connectivity index (χ1v) is 10.8. The van der Waals surface area contributed by atoms with Crippen molar-refractivity contribution in [3.05, 3.63) is 72.2 Å².